The lowest BCUT2D eigenvalue weighted by Crippen LogP contribution is -2.28. The molecule has 1 aromatic rings. The molecule has 2 nitrogen and oxygen atoms in total. The van der Waals surface area contributed by atoms with Gasteiger partial charge in [-0.25, -0.2) is 0 Å². The Bertz CT molecular complexity index is 392. The molecule has 0 saturated carbocycles. The van der Waals surface area contributed by atoms with E-state index in [9.17, 15) is 4.79 Å². The molecule has 17 heavy (non-hydrogen) atoms. The SMILES string of the molecule is CC(Br)CCN(C)C(=O)c1cc2c(s1)CCC2. The molecule has 0 radical (unpaired) electrons. The first-order chi connectivity index (χ1) is 8.08. The Morgan fingerprint density at radius 2 is 2.35 bits per heavy atom. The normalized spacial score (nSPS) is 15.7. The summed E-state index contributed by atoms with van der Waals surface area (Å²) in [4.78, 5) is 16.8. The quantitative estimate of drug-likeness (QED) is 0.779. The van der Waals surface area contributed by atoms with Crippen LogP contribution < -0.4 is 0 Å². The maximum Gasteiger partial charge on any atom is 0.263 e. The van der Waals surface area contributed by atoms with Crippen LogP contribution in [0.5, 0.6) is 0 Å². The average Bonchev–Trinajstić information content (AvgIpc) is 2.84. The van der Waals surface area contributed by atoms with Crippen LogP contribution in [0.4, 0.5) is 0 Å². The number of aryl methyl sites for hydroxylation is 2. The summed E-state index contributed by atoms with van der Waals surface area (Å²) >= 11 is 5.20. The maximum absolute atomic E-state index is 12.2. The van der Waals surface area contributed by atoms with Gasteiger partial charge in [-0.3, -0.25) is 4.79 Å². The summed E-state index contributed by atoms with van der Waals surface area (Å²) in [5.41, 5.74) is 1.40. The number of carbonyl (C=O) groups is 1. The van der Waals surface area contributed by atoms with Crippen molar-refractivity contribution in [2.45, 2.75) is 37.4 Å². The van der Waals surface area contributed by atoms with E-state index in [1.165, 1.54) is 16.9 Å². The summed E-state index contributed by atoms with van der Waals surface area (Å²) in [6, 6.07) is 2.10. The highest BCUT2D eigenvalue weighted by molar-refractivity contribution is 9.09. The van der Waals surface area contributed by atoms with Crippen molar-refractivity contribution in [1.82, 2.24) is 4.90 Å². The van der Waals surface area contributed by atoms with Crippen LogP contribution in [0, 0.1) is 0 Å². The third-order valence-electron chi connectivity index (χ3n) is 3.17. The molecule has 1 aromatic heterocycles. The van der Waals surface area contributed by atoms with E-state index in [-0.39, 0.29) is 5.91 Å². The summed E-state index contributed by atoms with van der Waals surface area (Å²) in [5, 5.41) is 0. The van der Waals surface area contributed by atoms with E-state index in [2.05, 4.69) is 28.9 Å². The van der Waals surface area contributed by atoms with Crippen LogP contribution >= 0.6 is 27.3 Å². The zero-order valence-electron chi connectivity index (χ0n) is 10.3. The maximum atomic E-state index is 12.2. The lowest BCUT2D eigenvalue weighted by molar-refractivity contribution is 0.0798. The predicted octanol–water partition coefficient (Wildman–Crippen LogP) is 3.48. The molecule has 1 aliphatic rings. The van der Waals surface area contributed by atoms with Gasteiger partial charge in [-0.05, 0) is 37.3 Å². The summed E-state index contributed by atoms with van der Waals surface area (Å²) < 4.78 is 0. The van der Waals surface area contributed by atoms with E-state index in [0.717, 1.165) is 30.7 Å². The third kappa shape index (κ3) is 3.10. The van der Waals surface area contributed by atoms with Crippen molar-refractivity contribution >= 4 is 33.2 Å². The summed E-state index contributed by atoms with van der Waals surface area (Å²) in [6.07, 6.45) is 4.57. The van der Waals surface area contributed by atoms with Crippen molar-refractivity contribution in [1.29, 1.82) is 0 Å². The van der Waals surface area contributed by atoms with Crippen LogP contribution in [0.3, 0.4) is 0 Å². The minimum Gasteiger partial charge on any atom is -0.341 e. The van der Waals surface area contributed by atoms with Crippen molar-refractivity contribution < 1.29 is 4.79 Å². The molecule has 0 aromatic carbocycles. The van der Waals surface area contributed by atoms with Gasteiger partial charge >= 0.3 is 0 Å². The van der Waals surface area contributed by atoms with Crippen molar-refractivity contribution in [3.05, 3.63) is 21.4 Å². The molecule has 1 atom stereocenters. The Kier molecular flexibility index (Phi) is 4.26. The van der Waals surface area contributed by atoms with Crippen LogP contribution in [0.1, 0.15) is 39.9 Å². The molecular weight excluding hydrogens is 298 g/mol. The standard InChI is InChI=1S/C13H18BrNOS/c1-9(14)6-7-15(2)13(16)12-8-10-4-3-5-11(10)17-12/h8-9H,3-7H2,1-2H3. The van der Waals surface area contributed by atoms with Gasteiger partial charge < -0.3 is 4.90 Å². The fourth-order valence-electron chi connectivity index (χ4n) is 2.10. The smallest absolute Gasteiger partial charge is 0.263 e. The summed E-state index contributed by atoms with van der Waals surface area (Å²) in [5.74, 6) is 0.178. The Labute approximate surface area is 115 Å². The van der Waals surface area contributed by atoms with Crippen LogP contribution in [-0.4, -0.2) is 29.2 Å². The first kappa shape index (κ1) is 13.1. The molecule has 0 bridgehead atoms. The van der Waals surface area contributed by atoms with Crippen LogP contribution in [-0.2, 0) is 12.8 Å². The van der Waals surface area contributed by atoms with Crippen molar-refractivity contribution in [2.75, 3.05) is 13.6 Å². The number of amides is 1. The number of hydrogen-bond donors (Lipinski definition) is 0. The topological polar surface area (TPSA) is 20.3 Å². The molecule has 0 aliphatic heterocycles. The Hall–Kier alpha value is -0.350. The molecule has 94 valence electrons. The molecule has 0 saturated heterocycles. The second-order valence-electron chi connectivity index (χ2n) is 4.71. The second kappa shape index (κ2) is 5.53. The molecule has 2 rings (SSSR count). The molecule has 1 aliphatic carbocycles. The van der Waals surface area contributed by atoms with Gasteiger partial charge in [0.2, 0.25) is 0 Å². The van der Waals surface area contributed by atoms with E-state index < -0.39 is 0 Å². The van der Waals surface area contributed by atoms with E-state index >= 15 is 0 Å². The van der Waals surface area contributed by atoms with E-state index in [4.69, 9.17) is 0 Å². The first-order valence-corrected chi connectivity index (χ1v) is 7.82. The Morgan fingerprint density at radius 3 is 3.00 bits per heavy atom. The fraction of sp³-hybridized carbons (Fsp3) is 0.615. The first-order valence-electron chi connectivity index (χ1n) is 6.09. The molecule has 0 fully saturated rings. The number of halogens is 1. The summed E-state index contributed by atoms with van der Waals surface area (Å²) in [6.45, 7) is 2.92. The highest BCUT2D eigenvalue weighted by Crippen LogP contribution is 2.31. The molecule has 0 spiro atoms. The third-order valence-corrected chi connectivity index (χ3v) is 4.85. The van der Waals surface area contributed by atoms with Gasteiger partial charge in [-0.2, -0.15) is 0 Å². The van der Waals surface area contributed by atoms with Gasteiger partial charge in [-0.1, -0.05) is 22.9 Å². The fourth-order valence-corrected chi connectivity index (χ4v) is 3.55. The molecule has 1 heterocycles. The monoisotopic (exact) mass is 315 g/mol. The zero-order valence-corrected chi connectivity index (χ0v) is 12.7. The van der Waals surface area contributed by atoms with Gasteiger partial charge in [0.25, 0.3) is 5.91 Å². The number of hydrogen-bond acceptors (Lipinski definition) is 2. The summed E-state index contributed by atoms with van der Waals surface area (Å²) in [7, 11) is 1.89. The lowest BCUT2D eigenvalue weighted by atomic mass is 10.2. The molecule has 4 heteroatoms. The van der Waals surface area contributed by atoms with Crippen molar-refractivity contribution in [3.8, 4) is 0 Å². The largest absolute Gasteiger partial charge is 0.341 e. The highest BCUT2D eigenvalue weighted by Gasteiger charge is 2.20. The van der Waals surface area contributed by atoms with Gasteiger partial charge in [0.1, 0.15) is 0 Å². The highest BCUT2D eigenvalue weighted by atomic mass is 79.9. The molecule has 1 unspecified atom stereocenters. The predicted molar refractivity (Wildman–Crippen MR) is 76.3 cm³/mol. The minimum atomic E-state index is 0.178. The minimum absolute atomic E-state index is 0.178. The van der Waals surface area contributed by atoms with E-state index in [1.807, 2.05) is 11.9 Å². The number of rotatable bonds is 4. The number of nitrogens with zero attached hydrogens (tertiary/aromatic N) is 1. The zero-order chi connectivity index (χ0) is 12.4. The average molecular weight is 316 g/mol. The lowest BCUT2D eigenvalue weighted by Gasteiger charge is -2.16. The van der Waals surface area contributed by atoms with Crippen molar-refractivity contribution in [3.63, 3.8) is 0 Å². The van der Waals surface area contributed by atoms with Gasteiger partial charge in [-0.15, -0.1) is 11.3 Å². The second-order valence-corrected chi connectivity index (χ2v) is 7.41. The van der Waals surface area contributed by atoms with E-state index in [0.29, 0.717) is 4.83 Å². The molecule has 0 N–H and O–H groups in total. The molecular formula is C13H18BrNOS. The van der Waals surface area contributed by atoms with Gasteiger partial charge in [0.05, 0.1) is 4.88 Å². The number of alkyl halides is 1. The number of thiophene rings is 1. The Morgan fingerprint density at radius 1 is 1.59 bits per heavy atom. The van der Waals surface area contributed by atoms with Gasteiger partial charge in [0.15, 0.2) is 0 Å². The van der Waals surface area contributed by atoms with Crippen LogP contribution in [0.2, 0.25) is 0 Å². The Balaban J connectivity index is 1.98. The number of carbonyl (C=O) groups excluding carboxylic acids is 1. The van der Waals surface area contributed by atoms with Crippen LogP contribution in [0.15, 0.2) is 6.07 Å². The van der Waals surface area contributed by atoms with Crippen LogP contribution in [0.25, 0.3) is 0 Å². The van der Waals surface area contributed by atoms with Crippen molar-refractivity contribution in [2.24, 2.45) is 0 Å². The van der Waals surface area contributed by atoms with E-state index in [1.54, 1.807) is 11.3 Å². The molecule has 1 amide bonds. The number of fused-ring (bicyclic) bond motifs is 1. The van der Waals surface area contributed by atoms with Gasteiger partial charge in [0, 0.05) is 23.3 Å².